The third-order valence-corrected chi connectivity index (χ3v) is 5.32. The van der Waals surface area contributed by atoms with Crippen LogP contribution in [-0.4, -0.2) is 29.6 Å². The highest BCUT2D eigenvalue weighted by Crippen LogP contribution is 2.30. The second-order valence-corrected chi connectivity index (χ2v) is 7.67. The van der Waals surface area contributed by atoms with Gasteiger partial charge in [-0.2, -0.15) is 14.5 Å². The smallest absolute Gasteiger partial charge is 0.368 e. The summed E-state index contributed by atoms with van der Waals surface area (Å²) in [5, 5.41) is 13.1. The van der Waals surface area contributed by atoms with Gasteiger partial charge in [0, 0.05) is 42.5 Å². The molecule has 4 aromatic rings. The monoisotopic (exact) mass is 445 g/mol. The fourth-order valence-electron chi connectivity index (χ4n) is 3.17. The number of rotatable bonds is 5. The minimum atomic E-state index is -0.377. The maximum absolute atomic E-state index is 12.3. The molecule has 154 valence electrons. The molecule has 2 heterocycles. The van der Waals surface area contributed by atoms with E-state index in [-0.39, 0.29) is 12.3 Å². The van der Waals surface area contributed by atoms with E-state index >= 15 is 0 Å². The lowest BCUT2D eigenvalue weighted by atomic mass is 10.1. The van der Waals surface area contributed by atoms with Gasteiger partial charge in [0.1, 0.15) is 6.61 Å². The van der Waals surface area contributed by atoms with Crippen LogP contribution in [0.5, 0.6) is 5.75 Å². The van der Waals surface area contributed by atoms with Crippen LogP contribution in [0.4, 0.5) is 0 Å². The summed E-state index contributed by atoms with van der Waals surface area (Å²) >= 11 is 11.9. The molecule has 0 saturated carbocycles. The highest BCUT2D eigenvalue weighted by molar-refractivity contribution is 6.31. The minimum Gasteiger partial charge on any atom is -0.483 e. The van der Waals surface area contributed by atoms with Crippen LogP contribution >= 0.6 is 11.6 Å². The third-order valence-electron chi connectivity index (χ3n) is 4.64. The summed E-state index contributed by atoms with van der Waals surface area (Å²) in [6.45, 7) is 2.12. The highest BCUT2D eigenvalue weighted by atomic mass is 35.5. The van der Waals surface area contributed by atoms with E-state index in [9.17, 15) is 4.79 Å². The zero-order valence-electron chi connectivity index (χ0n) is 16.5. The summed E-state index contributed by atoms with van der Waals surface area (Å²) < 4.78 is 10.1. The van der Waals surface area contributed by atoms with Gasteiger partial charge in [-0.15, -0.1) is 0 Å². The van der Waals surface area contributed by atoms with Crippen LogP contribution in [0.1, 0.15) is 11.1 Å². The largest absolute Gasteiger partial charge is 0.483 e. The van der Waals surface area contributed by atoms with Crippen LogP contribution < -0.4 is 10.4 Å². The first-order valence-electron chi connectivity index (χ1n) is 9.06. The minimum absolute atomic E-state index is 0.115. The normalized spacial score (nSPS) is 11.1. The van der Waals surface area contributed by atoms with Crippen molar-refractivity contribution < 1.29 is 16.3 Å². The number of nitrogens with zero attached hydrogens (tertiary/aromatic N) is 6. The van der Waals surface area contributed by atoms with Gasteiger partial charge in [-0.3, -0.25) is 4.68 Å². The standard InChI is InChI=1S/C20H19Cl2N6O2/c1-12-10-26(2)23-19(12)13-7-8-18(16(22)9-13)30-11-14-15(21)5-4-6-17(14)28-20(29)27(3)24-25-28/h4-10,22H,11H2,1-3H3/q+1. The van der Waals surface area contributed by atoms with E-state index < -0.39 is 0 Å². The Morgan fingerprint density at radius 3 is 2.60 bits per heavy atom. The van der Waals surface area contributed by atoms with Crippen LogP contribution in [0.15, 0.2) is 47.4 Å². The van der Waals surface area contributed by atoms with Crippen molar-refractivity contribution in [1.29, 1.82) is 0 Å². The van der Waals surface area contributed by atoms with Crippen LogP contribution in [0, 0.1) is 18.5 Å². The molecule has 30 heavy (non-hydrogen) atoms. The highest BCUT2D eigenvalue weighted by Gasteiger charge is 2.17. The van der Waals surface area contributed by atoms with E-state index in [1.54, 1.807) is 22.9 Å². The van der Waals surface area contributed by atoms with Crippen LogP contribution in [0.3, 0.4) is 0 Å². The average molecular weight is 446 g/mol. The molecule has 10 heteroatoms. The molecule has 0 unspecified atom stereocenters. The fourth-order valence-corrected chi connectivity index (χ4v) is 3.65. The molecule has 0 saturated heterocycles. The Morgan fingerprint density at radius 2 is 1.97 bits per heavy atom. The Labute approximate surface area is 182 Å². The van der Waals surface area contributed by atoms with Crippen molar-refractivity contribution in [2.24, 2.45) is 14.1 Å². The van der Waals surface area contributed by atoms with E-state index in [2.05, 4.69) is 15.5 Å². The van der Waals surface area contributed by atoms with Gasteiger partial charge in [-0.05, 0) is 47.2 Å². The van der Waals surface area contributed by atoms with Crippen molar-refractivity contribution in [3.05, 3.63) is 74.3 Å². The molecule has 0 N–H and O–H groups in total. The molecule has 4 rings (SSSR count). The van der Waals surface area contributed by atoms with Crippen molar-refractivity contribution in [3.63, 3.8) is 0 Å². The van der Waals surface area contributed by atoms with Gasteiger partial charge < -0.3 is 4.74 Å². The van der Waals surface area contributed by atoms with Crippen molar-refractivity contribution in [3.8, 4) is 22.7 Å². The Balaban J connectivity index is 1.62. The quantitative estimate of drug-likeness (QED) is 0.471. The Hall–Kier alpha value is -3.10. The van der Waals surface area contributed by atoms with Crippen molar-refractivity contribution in [2.75, 3.05) is 0 Å². The first-order valence-corrected chi connectivity index (χ1v) is 9.85. The van der Waals surface area contributed by atoms with Gasteiger partial charge in [0.15, 0.2) is 17.4 Å². The maximum atomic E-state index is 12.3. The first kappa shape index (κ1) is 20.2. The molecule has 0 aliphatic heterocycles. The molecule has 2 aromatic heterocycles. The number of aromatic nitrogens is 6. The van der Waals surface area contributed by atoms with Gasteiger partial charge in [0.2, 0.25) is 0 Å². The molecule has 0 fully saturated rings. The first-order chi connectivity index (χ1) is 14.3. The Bertz CT molecular complexity index is 1290. The molecule has 2 aromatic carbocycles. The summed E-state index contributed by atoms with van der Waals surface area (Å²) in [5.41, 5.74) is 3.61. The molecule has 8 nitrogen and oxygen atoms in total. The number of aryl methyl sites for hydroxylation is 3. The van der Waals surface area contributed by atoms with Crippen LogP contribution in [0.25, 0.3) is 16.9 Å². The summed E-state index contributed by atoms with van der Waals surface area (Å²) in [6.07, 6.45) is 1.95. The summed E-state index contributed by atoms with van der Waals surface area (Å²) in [4.78, 5) is 12.3. The van der Waals surface area contributed by atoms with E-state index in [4.69, 9.17) is 27.9 Å². The van der Waals surface area contributed by atoms with Crippen molar-refractivity contribution in [1.82, 2.24) is 29.6 Å². The summed E-state index contributed by atoms with van der Waals surface area (Å²) in [6, 6.07) is 10.8. The predicted octanol–water partition coefficient (Wildman–Crippen LogP) is 2.60. The molecule has 0 atom stereocenters. The lowest BCUT2D eigenvalue weighted by Gasteiger charge is -2.12. The second kappa shape index (κ2) is 7.97. The molecule has 0 amide bonds. The van der Waals surface area contributed by atoms with Gasteiger partial charge in [-0.25, -0.2) is 4.79 Å². The zero-order chi connectivity index (χ0) is 21.4. The lowest BCUT2D eigenvalue weighted by Crippen LogP contribution is -2.23. The molecular formula is C20H19Cl2N6O2+. The lowest BCUT2D eigenvalue weighted by molar-refractivity contribution is -0.291. The van der Waals surface area contributed by atoms with Gasteiger partial charge >= 0.3 is 5.69 Å². The van der Waals surface area contributed by atoms with Crippen molar-refractivity contribution >= 4 is 11.6 Å². The number of ether oxygens (including phenoxy) is 1. The maximum Gasteiger partial charge on any atom is 0.368 e. The Morgan fingerprint density at radius 1 is 1.17 bits per heavy atom. The summed E-state index contributed by atoms with van der Waals surface area (Å²) in [7, 11) is 3.41. The number of benzene rings is 2. The average Bonchev–Trinajstić information content (AvgIpc) is 3.22. The van der Waals surface area contributed by atoms with Crippen LogP contribution in [0.2, 0.25) is 10.0 Å². The zero-order valence-corrected chi connectivity index (χ0v) is 18.1. The Kier molecular flexibility index (Phi) is 5.36. The summed E-state index contributed by atoms with van der Waals surface area (Å²) in [5.74, 6) is 0.541. The number of hydrogen-bond donors (Lipinski definition) is 0. The van der Waals surface area contributed by atoms with E-state index in [1.165, 1.54) is 11.7 Å². The SMILES string of the molecule is Cc1cn(C)nc1-c1ccc(OCc2c(Cl)cccc2-n2nnn(C)c2=O)c([ClH+])c1. The van der Waals surface area contributed by atoms with Gasteiger partial charge in [-0.1, -0.05) is 17.7 Å². The number of hydrogen-bond acceptors (Lipinski definition) is 5. The fraction of sp³-hybridized carbons (Fsp3) is 0.200. The topological polar surface area (TPSA) is 79.8 Å². The van der Waals surface area contributed by atoms with E-state index in [1.807, 2.05) is 38.4 Å². The molecular weight excluding hydrogens is 427 g/mol. The third kappa shape index (κ3) is 3.71. The van der Waals surface area contributed by atoms with Gasteiger partial charge in [0.25, 0.3) is 5.02 Å². The molecule has 0 spiro atoms. The van der Waals surface area contributed by atoms with Gasteiger partial charge in [0.05, 0.1) is 11.4 Å². The molecule has 0 aliphatic carbocycles. The molecule has 0 bridgehead atoms. The van der Waals surface area contributed by atoms with Crippen molar-refractivity contribution in [2.45, 2.75) is 13.5 Å². The second-order valence-electron chi connectivity index (χ2n) is 6.82. The molecule has 0 aliphatic rings. The van der Waals surface area contributed by atoms with E-state index in [0.717, 1.165) is 21.5 Å². The number of tetrazole rings is 1. The number of halogens is 2. The predicted molar refractivity (Wildman–Crippen MR) is 110 cm³/mol. The molecule has 0 radical (unpaired) electrons. The van der Waals surface area contributed by atoms with E-state index in [0.29, 0.717) is 27.0 Å². The van der Waals surface area contributed by atoms with Crippen LogP contribution in [-0.2, 0) is 20.7 Å².